The average molecular weight is 601 g/mol. The summed E-state index contributed by atoms with van der Waals surface area (Å²) >= 11 is 0. The Morgan fingerprint density at radius 1 is 1.02 bits per heavy atom. The van der Waals surface area contributed by atoms with E-state index in [4.69, 9.17) is 10.5 Å². The molecule has 11 nitrogen and oxygen atoms in total. The maximum absolute atomic E-state index is 14.6. The van der Waals surface area contributed by atoms with Crippen LogP contribution in [0.4, 0.5) is 21.9 Å². The number of carboxylic acids is 1. The zero-order valence-electron chi connectivity index (χ0n) is 25.0. The minimum absolute atomic E-state index is 0.0633. The third kappa shape index (κ3) is 6.41. The molecule has 0 aliphatic carbocycles. The second-order valence-electron chi connectivity index (χ2n) is 11.7. The van der Waals surface area contributed by atoms with Crippen LogP contribution in [0.15, 0.2) is 66.7 Å². The van der Waals surface area contributed by atoms with Crippen molar-refractivity contribution in [2.45, 2.75) is 64.1 Å². The molecule has 2 unspecified atom stereocenters. The summed E-state index contributed by atoms with van der Waals surface area (Å²) in [6.07, 6.45) is 0.556. The quantitative estimate of drug-likeness (QED) is 0.151. The molecule has 1 aliphatic heterocycles. The van der Waals surface area contributed by atoms with Crippen LogP contribution >= 0.6 is 0 Å². The van der Waals surface area contributed by atoms with Crippen LogP contribution in [0.5, 0.6) is 0 Å². The molecule has 11 heteroatoms. The fourth-order valence-corrected chi connectivity index (χ4v) is 5.53. The van der Waals surface area contributed by atoms with Gasteiger partial charge in [-0.1, -0.05) is 54.1 Å². The lowest BCUT2D eigenvalue weighted by atomic mass is 9.91. The van der Waals surface area contributed by atoms with Crippen molar-refractivity contribution >= 4 is 47.2 Å². The van der Waals surface area contributed by atoms with E-state index in [0.29, 0.717) is 17.5 Å². The molecule has 0 spiro atoms. The number of aromatic carboxylic acids is 1. The molecule has 1 saturated heterocycles. The number of urea groups is 1. The summed E-state index contributed by atoms with van der Waals surface area (Å²) in [5.41, 5.74) is 4.14. The Kier molecular flexibility index (Phi) is 9.08. The second kappa shape index (κ2) is 12.6. The minimum Gasteiger partial charge on any atom is -0.478 e. The number of carbonyl (C=O) groups excluding carboxylic acids is 4. The van der Waals surface area contributed by atoms with Crippen LogP contribution in [0.3, 0.4) is 0 Å². The van der Waals surface area contributed by atoms with Crippen molar-refractivity contribution in [1.29, 1.82) is 0 Å². The summed E-state index contributed by atoms with van der Waals surface area (Å²) in [6.45, 7) is 6.89. The average Bonchev–Trinajstić information content (AvgIpc) is 3.36. The van der Waals surface area contributed by atoms with Gasteiger partial charge in [0.1, 0.15) is 11.9 Å². The number of esters is 1. The van der Waals surface area contributed by atoms with Gasteiger partial charge in [0.25, 0.3) is 5.91 Å². The zero-order chi connectivity index (χ0) is 32.2. The summed E-state index contributed by atoms with van der Waals surface area (Å²) in [4.78, 5) is 67.1. The van der Waals surface area contributed by atoms with Crippen molar-refractivity contribution in [1.82, 2.24) is 0 Å². The summed E-state index contributed by atoms with van der Waals surface area (Å²) < 4.78 is 5.88. The number of carboxylic acid groups (broad SMARTS) is 1. The number of benzene rings is 3. The number of hydrogen-bond donors (Lipinski definition) is 4. The van der Waals surface area contributed by atoms with Crippen LogP contribution in [0.25, 0.3) is 0 Å². The molecular formula is C33H36N4O7. The maximum Gasteiger partial charge on any atom is 0.342 e. The van der Waals surface area contributed by atoms with Gasteiger partial charge in [-0.25, -0.2) is 14.4 Å². The van der Waals surface area contributed by atoms with Crippen molar-refractivity contribution in [2.24, 2.45) is 5.73 Å². The highest BCUT2D eigenvalue weighted by molar-refractivity contribution is 6.18. The number of amides is 3. The lowest BCUT2D eigenvalue weighted by Gasteiger charge is -2.42. The molecule has 3 aromatic carbocycles. The summed E-state index contributed by atoms with van der Waals surface area (Å²) in [7, 11) is 0. The van der Waals surface area contributed by atoms with Crippen LogP contribution in [0.1, 0.15) is 66.7 Å². The largest absolute Gasteiger partial charge is 0.478 e. The molecule has 3 aromatic rings. The zero-order valence-corrected chi connectivity index (χ0v) is 25.0. The molecule has 4 rings (SSSR count). The fraction of sp³-hybridized carbons (Fsp3) is 0.303. The first kappa shape index (κ1) is 31.7. The molecule has 5 N–H and O–H groups in total. The Bertz CT molecular complexity index is 1580. The monoisotopic (exact) mass is 600 g/mol. The number of carbonyl (C=O) groups is 5. The standard InChI is InChI=1S/C33H36N4O7/c1-20-10-13-23(14-11-20)35-29(41)33(30(42)44-32(2,3)4)18-16-25(21-8-6-5-7-9-21)37(33)27-24(28(39)40)15-12-22(17-19-38)26(27)36-31(34)43/h5-15,19,25H,16-18H2,1-4H3,(H,35,41)(H,39,40)(H3,34,36,43). The molecule has 1 fully saturated rings. The molecule has 1 aliphatic rings. The molecule has 1 heterocycles. The van der Waals surface area contributed by atoms with E-state index in [0.717, 1.165) is 5.56 Å². The number of rotatable bonds is 9. The number of primary amides is 1. The Morgan fingerprint density at radius 3 is 2.25 bits per heavy atom. The van der Waals surface area contributed by atoms with E-state index in [1.165, 1.54) is 17.0 Å². The van der Waals surface area contributed by atoms with E-state index in [9.17, 15) is 29.1 Å². The van der Waals surface area contributed by atoms with Gasteiger partial charge in [-0.15, -0.1) is 0 Å². The first-order valence-electron chi connectivity index (χ1n) is 14.1. The van der Waals surface area contributed by atoms with Gasteiger partial charge in [0, 0.05) is 12.1 Å². The van der Waals surface area contributed by atoms with Gasteiger partial charge in [0.05, 0.1) is 23.0 Å². The van der Waals surface area contributed by atoms with E-state index in [-0.39, 0.29) is 41.8 Å². The number of hydrogen-bond acceptors (Lipinski definition) is 7. The van der Waals surface area contributed by atoms with Crippen molar-refractivity contribution in [3.63, 3.8) is 0 Å². The molecule has 0 bridgehead atoms. The van der Waals surface area contributed by atoms with Crippen molar-refractivity contribution in [3.8, 4) is 0 Å². The van der Waals surface area contributed by atoms with Crippen LogP contribution in [0, 0.1) is 6.92 Å². The number of anilines is 3. The maximum atomic E-state index is 14.6. The van der Waals surface area contributed by atoms with Gasteiger partial charge in [-0.05, 0) is 69.9 Å². The molecule has 0 aromatic heterocycles. The topological polar surface area (TPSA) is 168 Å². The number of nitrogens with one attached hydrogen (secondary N) is 2. The summed E-state index contributed by atoms with van der Waals surface area (Å²) in [5.74, 6) is -3.05. The molecule has 3 amide bonds. The normalized spacial score (nSPS) is 17.9. The summed E-state index contributed by atoms with van der Waals surface area (Å²) in [5, 5.41) is 15.7. The fourth-order valence-electron chi connectivity index (χ4n) is 5.53. The highest BCUT2D eigenvalue weighted by Gasteiger charge is 2.60. The van der Waals surface area contributed by atoms with Gasteiger partial charge < -0.3 is 35.9 Å². The van der Waals surface area contributed by atoms with Crippen molar-refractivity contribution in [3.05, 3.63) is 89.0 Å². The second-order valence-corrected chi connectivity index (χ2v) is 11.7. The molecule has 44 heavy (non-hydrogen) atoms. The van der Waals surface area contributed by atoms with E-state index >= 15 is 0 Å². The minimum atomic E-state index is -2.11. The number of aldehydes is 1. The molecule has 2 atom stereocenters. The highest BCUT2D eigenvalue weighted by atomic mass is 16.6. The van der Waals surface area contributed by atoms with Crippen molar-refractivity contribution < 1.29 is 33.8 Å². The number of ether oxygens (including phenoxy) is 1. The lowest BCUT2D eigenvalue weighted by molar-refractivity contribution is -0.163. The van der Waals surface area contributed by atoms with E-state index in [1.807, 2.05) is 13.0 Å². The van der Waals surface area contributed by atoms with E-state index in [1.54, 1.807) is 69.3 Å². The first-order chi connectivity index (χ1) is 20.8. The SMILES string of the molecule is Cc1ccc(NC(=O)C2(C(=O)OC(C)(C)C)CCC(c3ccccc3)N2c2c(C(=O)O)ccc(CC=O)c2NC(N)=O)cc1. The van der Waals surface area contributed by atoms with Crippen LogP contribution in [-0.4, -0.2) is 46.4 Å². The molecular weight excluding hydrogens is 564 g/mol. The van der Waals surface area contributed by atoms with Gasteiger partial charge in [0.15, 0.2) is 0 Å². The Morgan fingerprint density at radius 2 is 1.68 bits per heavy atom. The molecule has 0 saturated carbocycles. The number of nitrogens with zero attached hydrogens (tertiary/aromatic N) is 1. The predicted octanol–water partition coefficient (Wildman–Crippen LogP) is 4.99. The lowest BCUT2D eigenvalue weighted by Crippen LogP contribution is -2.61. The Hall–Kier alpha value is -5.19. The third-order valence-electron chi connectivity index (χ3n) is 7.40. The summed E-state index contributed by atoms with van der Waals surface area (Å²) in [6, 6.07) is 16.9. The Balaban J connectivity index is 2.09. The van der Waals surface area contributed by atoms with Crippen LogP contribution < -0.4 is 21.3 Å². The Labute approximate surface area is 255 Å². The molecule has 0 radical (unpaired) electrons. The van der Waals surface area contributed by atoms with E-state index < -0.39 is 41.1 Å². The van der Waals surface area contributed by atoms with Gasteiger partial charge in [-0.3, -0.25) is 4.79 Å². The smallest absolute Gasteiger partial charge is 0.342 e. The molecule has 230 valence electrons. The number of nitrogens with two attached hydrogens (primary N) is 1. The predicted molar refractivity (Wildman–Crippen MR) is 166 cm³/mol. The van der Waals surface area contributed by atoms with E-state index in [2.05, 4.69) is 10.6 Å². The number of aryl methyl sites for hydroxylation is 1. The van der Waals surface area contributed by atoms with Crippen LogP contribution in [0.2, 0.25) is 0 Å². The van der Waals surface area contributed by atoms with Crippen LogP contribution in [-0.2, 0) is 25.5 Å². The third-order valence-corrected chi connectivity index (χ3v) is 7.40. The first-order valence-corrected chi connectivity index (χ1v) is 14.1. The van der Waals surface area contributed by atoms with Crippen molar-refractivity contribution in [2.75, 3.05) is 15.5 Å². The van der Waals surface area contributed by atoms with Gasteiger partial charge in [-0.2, -0.15) is 0 Å². The van der Waals surface area contributed by atoms with Gasteiger partial charge >= 0.3 is 18.0 Å². The van der Waals surface area contributed by atoms with Gasteiger partial charge in [0.2, 0.25) is 5.54 Å². The highest BCUT2D eigenvalue weighted by Crippen LogP contribution is 2.51.